The zero-order valence-corrected chi connectivity index (χ0v) is 9.42. The molecule has 0 aliphatic rings. The molecule has 0 aliphatic carbocycles. The van der Waals surface area contributed by atoms with Gasteiger partial charge in [0.2, 0.25) is 0 Å². The quantitative estimate of drug-likeness (QED) is 0.587. The van der Waals surface area contributed by atoms with Crippen molar-refractivity contribution in [2.24, 2.45) is 0 Å². The van der Waals surface area contributed by atoms with Crippen molar-refractivity contribution in [2.45, 2.75) is 12.8 Å². The summed E-state index contributed by atoms with van der Waals surface area (Å²) in [6, 6.07) is 8.33. The van der Waals surface area contributed by atoms with Crippen LogP contribution in [0.4, 0.5) is 17.6 Å². The van der Waals surface area contributed by atoms with Gasteiger partial charge in [-0.25, -0.2) is 8.78 Å². The van der Waals surface area contributed by atoms with Crippen molar-refractivity contribution < 1.29 is 17.6 Å². The van der Waals surface area contributed by atoms with E-state index >= 15 is 0 Å². The highest BCUT2D eigenvalue weighted by Crippen LogP contribution is 2.29. The number of nitrogens with zero attached hydrogens (tertiary/aromatic N) is 1. The van der Waals surface area contributed by atoms with Gasteiger partial charge in [0.15, 0.2) is 11.6 Å². The summed E-state index contributed by atoms with van der Waals surface area (Å²) >= 11 is 0. The van der Waals surface area contributed by atoms with Gasteiger partial charge in [0.1, 0.15) is 0 Å². The van der Waals surface area contributed by atoms with Crippen LogP contribution in [0.2, 0.25) is 0 Å². The summed E-state index contributed by atoms with van der Waals surface area (Å²) in [7, 11) is 0. The van der Waals surface area contributed by atoms with Gasteiger partial charge in [0.05, 0.1) is 0 Å². The minimum Gasteiger partial charge on any atom is -0.201 e. The lowest BCUT2D eigenvalue weighted by atomic mass is 9.93. The first-order valence-electron chi connectivity index (χ1n) is 5.27. The second-order valence-electron chi connectivity index (χ2n) is 3.87. The van der Waals surface area contributed by atoms with Gasteiger partial charge in [0.25, 0.3) is 11.9 Å². The fourth-order valence-electron chi connectivity index (χ4n) is 1.79. The third kappa shape index (κ3) is 2.08. The number of rotatable bonds is 2. The molecule has 0 amide bonds. The third-order valence-electron chi connectivity index (χ3n) is 2.76. The summed E-state index contributed by atoms with van der Waals surface area (Å²) < 4.78 is 53.1. The van der Waals surface area contributed by atoms with Crippen LogP contribution in [-0.2, 0) is 0 Å². The maximum Gasteiger partial charge on any atom is 0.252 e. The number of benzene rings is 1. The Morgan fingerprint density at radius 1 is 0.889 bits per heavy atom. The van der Waals surface area contributed by atoms with Crippen LogP contribution in [0.25, 0.3) is 0 Å². The SMILES string of the molecule is CC(c1ccccc1)c1c(F)c(F)nc(F)c1F. The molecule has 2 rings (SSSR count). The number of hydrogen-bond donors (Lipinski definition) is 0. The largest absolute Gasteiger partial charge is 0.252 e. The topological polar surface area (TPSA) is 12.9 Å². The zero-order chi connectivity index (χ0) is 13.3. The molecule has 0 saturated heterocycles. The van der Waals surface area contributed by atoms with Crippen molar-refractivity contribution in [2.75, 3.05) is 0 Å². The second kappa shape index (κ2) is 4.76. The summed E-state index contributed by atoms with van der Waals surface area (Å²) in [5.74, 6) is -6.98. The van der Waals surface area contributed by atoms with E-state index in [0.717, 1.165) is 0 Å². The molecule has 1 atom stereocenters. The van der Waals surface area contributed by atoms with E-state index in [-0.39, 0.29) is 0 Å². The van der Waals surface area contributed by atoms with E-state index in [2.05, 4.69) is 4.98 Å². The Morgan fingerprint density at radius 3 is 1.89 bits per heavy atom. The molecule has 1 aromatic carbocycles. The molecule has 0 spiro atoms. The maximum absolute atomic E-state index is 13.5. The van der Waals surface area contributed by atoms with Crippen molar-refractivity contribution in [3.8, 4) is 0 Å². The Labute approximate surface area is 101 Å². The van der Waals surface area contributed by atoms with Crippen LogP contribution in [-0.4, -0.2) is 4.98 Å². The van der Waals surface area contributed by atoms with E-state index in [1.54, 1.807) is 30.3 Å². The first-order valence-corrected chi connectivity index (χ1v) is 5.27. The Hall–Kier alpha value is -1.91. The summed E-state index contributed by atoms with van der Waals surface area (Å²) in [5.41, 5.74) is -0.0912. The molecule has 94 valence electrons. The van der Waals surface area contributed by atoms with Crippen LogP contribution in [0, 0.1) is 23.5 Å². The molecule has 18 heavy (non-hydrogen) atoms. The van der Waals surface area contributed by atoms with Crippen molar-refractivity contribution in [1.29, 1.82) is 0 Å². The van der Waals surface area contributed by atoms with Gasteiger partial charge < -0.3 is 0 Å². The minimum atomic E-state index is -1.63. The van der Waals surface area contributed by atoms with Crippen molar-refractivity contribution in [3.63, 3.8) is 0 Å². The van der Waals surface area contributed by atoms with Crippen LogP contribution in [0.1, 0.15) is 24.0 Å². The maximum atomic E-state index is 13.5. The molecule has 0 aliphatic heterocycles. The van der Waals surface area contributed by atoms with Crippen LogP contribution in [0.15, 0.2) is 30.3 Å². The molecule has 0 bridgehead atoms. The molecule has 2 aromatic rings. The number of hydrogen-bond acceptors (Lipinski definition) is 1. The predicted molar refractivity (Wildman–Crippen MR) is 58.0 cm³/mol. The number of aromatic nitrogens is 1. The van der Waals surface area contributed by atoms with Gasteiger partial charge in [-0.3, -0.25) is 0 Å². The van der Waals surface area contributed by atoms with Crippen LogP contribution in [0.3, 0.4) is 0 Å². The molecular weight excluding hydrogens is 246 g/mol. The average Bonchev–Trinajstić information content (AvgIpc) is 2.37. The molecular formula is C13H9F4N. The highest BCUT2D eigenvalue weighted by molar-refractivity contribution is 5.32. The van der Waals surface area contributed by atoms with Crippen molar-refractivity contribution in [3.05, 3.63) is 65.0 Å². The Kier molecular flexibility index (Phi) is 3.32. The van der Waals surface area contributed by atoms with Gasteiger partial charge in [-0.1, -0.05) is 37.3 Å². The number of halogens is 4. The molecule has 1 unspecified atom stereocenters. The van der Waals surface area contributed by atoms with E-state index in [4.69, 9.17) is 0 Å². The van der Waals surface area contributed by atoms with Crippen molar-refractivity contribution >= 4 is 0 Å². The predicted octanol–water partition coefficient (Wildman–Crippen LogP) is 3.79. The summed E-state index contributed by atoms with van der Waals surface area (Å²) in [6.07, 6.45) is 0. The van der Waals surface area contributed by atoms with Crippen LogP contribution < -0.4 is 0 Å². The average molecular weight is 255 g/mol. The van der Waals surface area contributed by atoms with Gasteiger partial charge in [0, 0.05) is 11.5 Å². The molecule has 0 saturated carbocycles. The standard InChI is InChI=1S/C13H9F4N/c1-7(8-5-3-2-4-6-8)9-10(14)12(16)18-13(17)11(9)15/h2-7H,1H3. The Morgan fingerprint density at radius 2 is 1.39 bits per heavy atom. The monoisotopic (exact) mass is 255 g/mol. The van der Waals surface area contributed by atoms with Crippen LogP contribution in [0.5, 0.6) is 0 Å². The smallest absolute Gasteiger partial charge is 0.201 e. The minimum absolute atomic E-state index is 0.556. The van der Waals surface area contributed by atoms with E-state index in [9.17, 15) is 17.6 Å². The Balaban J connectivity index is 2.58. The van der Waals surface area contributed by atoms with E-state index in [1.165, 1.54) is 6.92 Å². The lowest BCUT2D eigenvalue weighted by molar-refractivity contribution is 0.392. The fraction of sp³-hybridized carbons (Fsp3) is 0.154. The molecule has 0 fully saturated rings. The molecule has 0 radical (unpaired) electrons. The van der Waals surface area contributed by atoms with E-state index in [1.807, 2.05) is 0 Å². The first-order chi connectivity index (χ1) is 8.52. The lowest BCUT2D eigenvalue weighted by Gasteiger charge is -2.14. The highest BCUT2D eigenvalue weighted by Gasteiger charge is 2.25. The van der Waals surface area contributed by atoms with Gasteiger partial charge >= 0.3 is 0 Å². The lowest BCUT2D eigenvalue weighted by Crippen LogP contribution is -2.10. The van der Waals surface area contributed by atoms with E-state index in [0.29, 0.717) is 5.56 Å². The molecule has 0 N–H and O–H groups in total. The van der Waals surface area contributed by atoms with Gasteiger partial charge in [-0.05, 0) is 5.56 Å². The van der Waals surface area contributed by atoms with Crippen molar-refractivity contribution in [1.82, 2.24) is 4.98 Å². The molecule has 1 heterocycles. The number of pyridine rings is 1. The summed E-state index contributed by atoms with van der Waals surface area (Å²) in [6.45, 7) is 1.47. The van der Waals surface area contributed by atoms with E-state index < -0.39 is 35.0 Å². The van der Waals surface area contributed by atoms with Gasteiger partial charge in [-0.15, -0.1) is 0 Å². The Bertz CT molecular complexity index is 543. The normalized spacial score (nSPS) is 12.5. The van der Waals surface area contributed by atoms with Crippen LogP contribution >= 0.6 is 0 Å². The summed E-state index contributed by atoms with van der Waals surface area (Å²) in [5, 5.41) is 0. The molecule has 1 nitrogen and oxygen atoms in total. The zero-order valence-electron chi connectivity index (χ0n) is 9.42. The molecule has 1 aromatic heterocycles. The van der Waals surface area contributed by atoms with Gasteiger partial charge in [-0.2, -0.15) is 13.8 Å². The molecule has 5 heteroatoms. The first kappa shape index (κ1) is 12.5. The summed E-state index contributed by atoms with van der Waals surface area (Å²) in [4.78, 5) is 2.53. The second-order valence-corrected chi connectivity index (χ2v) is 3.87. The third-order valence-corrected chi connectivity index (χ3v) is 2.76. The fourth-order valence-corrected chi connectivity index (χ4v) is 1.79. The highest BCUT2D eigenvalue weighted by atomic mass is 19.2.